The third-order valence-corrected chi connectivity index (χ3v) is 6.19. The largest absolute Gasteiger partial charge is 0.340 e. The van der Waals surface area contributed by atoms with Gasteiger partial charge in [-0.1, -0.05) is 37.3 Å². The van der Waals surface area contributed by atoms with Gasteiger partial charge in [0, 0.05) is 25.5 Å². The van der Waals surface area contributed by atoms with E-state index in [4.69, 9.17) is 0 Å². The molecule has 2 aliphatic heterocycles. The van der Waals surface area contributed by atoms with Gasteiger partial charge in [0.05, 0.1) is 0 Å². The highest BCUT2D eigenvalue weighted by atomic mass is 16.2. The third kappa shape index (κ3) is 3.05. The molecule has 0 spiro atoms. The molecule has 1 aromatic carbocycles. The predicted octanol–water partition coefficient (Wildman–Crippen LogP) is 2.61. The quantitative estimate of drug-likeness (QED) is 0.924. The van der Waals surface area contributed by atoms with Gasteiger partial charge in [0.2, 0.25) is 0 Å². The number of likely N-dealkylation sites (tertiary alicyclic amines) is 1. The van der Waals surface area contributed by atoms with Gasteiger partial charge in [0.15, 0.2) is 0 Å². The van der Waals surface area contributed by atoms with E-state index in [1.54, 1.807) is 6.20 Å². The fourth-order valence-electron chi connectivity index (χ4n) is 4.72. The highest BCUT2D eigenvalue weighted by Gasteiger charge is 2.45. The van der Waals surface area contributed by atoms with Crippen LogP contribution in [-0.4, -0.2) is 46.8 Å². The average molecular weight is 352 g/mol. The Kier molecular flexibility index (Phi) is 4.81. The molecule has 1 N–H and O–H groups in total. The molecule has 0 aliphatic carbocycles. The van der Waals surface area contributed by atoms with Crippen LogP contribution in [0, 0.1) is 5.92 Å². The van der Waals surface area contributed by atoms with Crippen molar-refractivity contribution >= 4 is 5.91 Å². The summed E-state index contributed by atoms with van der Waals surface area (Å²) in [6.45, 7) is 5.66. The van der Waals surface area contributed by atoms with Crippen LogP contribution in [0.25, 0.3) is 0 Å². The van der Waals surface area contributed by atoms with Crippen LogP contribution in [0.1, 0.15) is 37.7 Å². The molecular weight excluding hydrogens is 324 g/mol. The highest BCUT2D eigenvalue weighted by molar-refractivity contribution is 5.84. The molecule has 0 radical (unpaired) electrons. The second kappa shape index (κ2) is 7.23. The minimum Gasteiger partial charge on any atom is -0.340 e. The summed E-state index contributed by atoms with van der Waals surface area (Å²) in [6, 6.07) is 12.6. The van der Waals surface area contributed by atoms with Gasteiger partial charge in [-0.2, -0.15) is 5.10 Å². The Morgan fingerprint density at radius 3 is 2.62 bits per heavy atom. The van der Waals surface area contributed by atoms with Gasteiger partial charge in [-0.3, -0.25) is 9.48 Å². The zero-order valence-corrected chi connectivity index (χ0v) is 15.5. The Morgan fingerprint density at radius 1 is 1.19 bits per heavy atom. The number of carbonyl (C=O) groups is 1. The van der Waals surface area contributed by atoms with Crippen LogP contribution in [0.15, 0.2) is 48.8 Å². The molecule has 1 amide bonds. The van der Waals surface area contributed by atoms with E-state index in [0.717, 1.165) is 45.4 Å². The molecule has 0 saturated carbocycles. The number of hydrogen-bond donors (Lipinski definition) is 1. The van der Waals surface area contributed by atoms with Gasteiger partial charge in [-0.05, 0) is 55.8 Å². The topological polar surface area (TPSA) is 50.2 Å². The molecule has 2 aromatic rings. The maximum absolute atomic E-state index is 13.6. The molecular formula is C21H28N4O. The number of benzene rings is 1. The van der Waals surface area contributed by atoms with Gasteiger partial charge in [0.25, 0.3) is 5.91 Å². The summed E-state index contributed by atoms with van der Waals surface area (Å²) in [5.41, 5.74) is 0.879. The molecule has 4 rings (SSSR count). The van der Waals surface area contributed by atoms with E-state index in [1.807, 2.05) is 16.9 Å². The number of nitrogens with one attached hydrogen (secondary N) is 1. The van der Waals surface area contributed by atoms with Crippen LogP contribution in [-0.2, 0) is 10.3 Å². The van der Waals surface area contributed by atoms with Crippen molar-refractivity contribution in [1.82, 2.24) is 20.0 Å². The van der Waals surface area contributed by atoms with Crippen molar-refractivity contribution in [2.45, 2.75) is 37.6 Å². The molecule has 2 aliphatic rings. The third-order valence-electron chi connectivity index (χ3n) is 6.19. The summed E-state index contributed by atoms with van der Waals surface area (Å²) in [4.78, 5) is 15.7. The lowest BCUT2D eigenvalue weighted by atomic mass is 9.80. The number of piperidine rings is 2. The number of amides is 1. The molecule has 2 saturated heterocycles. The number of aromatic nitrogens is 2. The van der Waals surface area contributed by atoms with Crippen LogP contribution in [0.2, 0.25) is 0 Å². The van der Waals surface area contributed by atoms with Crippen LogP contribution in [0.4, 0.5) is 0 Å². The SMILES string of the molecule is CC1CN(C(=O)C2(n3cccn3)CCNCC2)CCC1c1ccccc1. The van der Waals surface area contributed by atoms with E-state index in [9.17, 15) is 4.79 Å². The van der Waals surface area contributed by atoms with Crippen molar-refractivity contribution in [3.05, 3.63) is 54.4 Å². The summed E-state index contributed by atoms with van der Waals surface area (Å²) in [7, 11) is 0. The van der Waals surface area contributed by atoms with Crippen molar-refractivity contribution in [1.29, 1.82) is 0 Å². The molecule has 0 bridgehead atoms. The van der Waals surface area contributed by atoms with E-state index in [0.29, 0.717) is 11.8 Å². The number of carbonyl (C=O) groups excluding carboxylic acids is 1. The standard InChI is InChI=1S/C21H28N4O/c1-17-16-24(15-8-19(17)18-6-3-2-4-7-18)20(26)21(9-12-22-13-10-21)25-14-5-11-23-25/h2-7,11,14,17,19,22H,8-10,12-13,15-16H2,1H3. The first-order valence-electron chi connectivity index (χ1n) is 9.76. The fourth-order valence-corrected chi connectivity index (χ4v) is 4.72. The Balaban J connectivity index is 1.53. The Hall–Kier alpha value is -2.14. The van der Waals surface area contributed by atoms with Crippen LogP contribution in [0.5, 0.6) is 0 Å². The first kappa shape index (κ1) is 17.3. The lowest BCUT2D eigenvalue weighted by molar-refractivity contribution is -0.145. The minimum absolute atomic E-state index is 0.251. The lowest BCUT2D eigenvalue weighted by Gasteiger charge is -2.44. The van der Waals surface area contributed by atoms with Gasteiger partial charge in [0.1, 0.15) is 5.54 Å². The summed E-state index contributed by atoms with van der Waals surface area (Å²) >= 11 is 0. The zero-order valence-electron chi connectivity index (χ0n) is 15.5. The summed E-state index contributed by atoms with van der Waals surface area (Å²) in [5, 5.41) is 7.84. The van der Waals surface area contributed by atoms with Gasteiger partial charge in [-0.25, -0.2) is 0 Å². The van der Waals surface area contributed by atoms with E-state index >= 15 is 0 Å². The van der Waals surface area contributed by atoms with Crippen molar-refractivity contribution < 1.29 is 4.79 Å². The minimum atomic E-state index is -0.520. The monoisotopic (exact) mass is 352 g/mol. The molecule has 26 heavy (non-hydrogen) atoms. The fraction of sp³-hybridized carbons (Fsp3) is 0.524. The molecule has 138 valence electrons. The first-order chi connectivity index (χ1) is 12.7. The van der Waals surface area contributed by atoms with Crippen molar-refractivity contribution in [2.75, 3.05) is 26.2 Å². The maximum atomic E-state index is 13.6. The van der Waals surface area contributed by atoms with E-state index in [-0.39, 0.29) is 5.91 Å². The summed E-state index contributed by atoms with van der Waals surface area (Å²) in [6.07, 6.45) is 6.37. The molecule has 5 heteroatoms. The highest BCUT2D eigenvalue weighted by Crippen LogP contribution is 2.36. The molecule has 2 unspecified atom stereocenters. The predicted molar refractivity (Wildman–Crippen MR) is 102 cm³/mol. The van der Waals surface area contributed by atoms with Gasteiger partial charge >= 0.3 is 0 Å². The van der Waals surface area contributed by atoms with Gasteiger partial charge in [-0.15, -0.1) is 0 Å². The zero-order chi connectivity index (χ0) is 18.0. The van der Waals surface area contributed by atoms with Gasteiger partial charge < -0.3 is 10.2 Å². The molecule has 3 heterocycles. The second-order valence-electron chi connectivity index (χ2n) is 7.77. The Bertz CT molecular complexity index is 722. The Morgan fingerprint density at radius 2 is 1.96 bits per heavy atom. The number of rotatable bonds is 3. The normalized spacial score (nSPS) is 25.8. The summed E-state index contributed by atoms with van der Waals surface area (Å²) in [5.74, 6) is 1.25. The molecule has 2 fully saturated rings. The maximum Gasteiger partial charge on any atom is 0.250 e. The lowest BCUT2D eigenvalue weighted by Crippen LogP contribution is -2.57. The van der Waals surface area contributed by atoms with Crippen molar-refractivity contribution in [2.24, 2.45) is 5.92 Å². The second-order valence-corrected chi connectivity index (χ2v) is 7.77. The van der Waals surface area contributed by atoms with E-state index < -0.39 is 5.54 Å². The van der Waals surface area contributed by atoms with Crippen LogP contribution in [0.3, 0.4) is 0 Å². The molecule has 2 atom stereocenters. The molecule has 1 aromatic heterocycles. The van der Waals surface area contributed by atoms with E-state index in [2.05, 4.69) is 52.6 Å². The van der Waals surface area contributed by atoms with Crippen molar-refractivity contribution in [3.63, 3.8) is 0 Å². The number of nitrogens with zero attached hydrogens (tertiary/aromatic N) is 3. The van der Waals surface area contributed by atoms with Crippen molar-refractivity contribution in [3.8, 4) is 0 Å². The number of hydrogen-bond acceptors (Lipinski definition) is 3. The molecule has 5 nitrogen and oxygen atoms in total. The average Bonchev–Trinajstić information content (AvgIpc) is 3.24. The summed E-state index contributed by atoms with van der Waals surface area (Å²) < 4.78 is 1.91. The van der Waals surface area contributed by atoms with E-state index in [1.165, 1.54) is 5.56 Å². The smallest absolute Gasteiger partial charge is 0.250 e. The Labute approximate surface area is 155 Å². The van der Waals surface area contributed by atoms with Crippen LogP contribution < -0.4 is 5.32 Å². The first-order valence-corrected chi connectivity index (χ1v) is 9.76. The van der Waals surface area contributed by atoms with Crippen LogP contribution >= 0.6 is 0 Å².